The third kappa shape index (κ3) is 2.02. The molecule has 0 amide bonds. The summed E-state index contributed by atoms with van der Waals surface area (Å²) in [6, 6.07) is 8.03. The Labute approximate surface area is 104 Å². The van der Waals surface area contributed by atoms with Crippen LogP contribution in [0.3, 0.4) is 0 Å². The monoisotopic (exact) mass is 244 g/mol. The maximum absolute atomic E-state index is 11.8. The highest BCUT2D eigenvalue weighted by molar-refractivity contribution is 6.02. The number of carbonyl (C=O) groups is 1. The number of aromatic amines is 1. The van der Waals surface area contributed by atoms with Crippen molar-refractivity contribution >= 4 is 11.5 Å². The van der Waals surface area contributed by atoms with E-state index in [9.17, 15) is 14.9 Å². The average Bonchev–Trinajstić information content (AvgIpc) is 2.86. The maximum Gasteiger partial charge on any atom is 0.278 e. The van der Waals surface area contributed by atoms with E-state index < -0.39 is 4.92 Å². The zero-order valence-corrected chi connectivity index (χ0v) is 9.84. The fourth-order valence-electron chi connectivity index (χ4n) is 1.86. The molecule has 18 heavy (non-hydrogen) atoms. The van der Waals surface area contributed by atoms with Crippen LogP contribution in [0.5, 0.6) is 0 Å². The molecule has 2 rings (SSSR count). The molecule has 2 aromatic rings. The number of Topliss-reactive ketones (excluding diaryl/α,β-unsaturated/α-hetero) is 1. The molecule has 92 valence electrons. The largest absolute Gasteiger partial charge is 0.360 e. The number of para-hydroxylation sites is 1. The van der Waals surface area contributed by atoms with Crippen LogP contribution in [0.4, 0.5) is 5.69 Å². The molecule has 5 heteroatoms. The highest BCUT2D eigenvalue weighted by atomic mass is 16.6. The number of nitro benzene ring substituents is 1. The number of aromatic nitrogens is 1. The van der Waals surface area contributed by atoms with Gasteiger partial charge in [0, 0.05) is 24.2 Å². The van der Waals surface area contributed by atoms with E-state index in [2.05, 4.69) is 4.98 Å². The Kier molecular flexibility index (Phi) is 3.23. The van der Waals surface area contributed by atoms with Gasteiger partial charge in [0.1, 0.15) is 0 Å². The lowest BCUT2D eigenvalue weighted by molar-refractivity contribution is -0.384. The number of rotatable bonds is 4. The normalized spacial score (nSPS) is 10.3. The van der Waals surface area contributed by atoms with Gasteiger partial charge in [0.15, 0.2) is 5.78 Å². The van der Waals surface area contributed by atoms with Crippen LogP contribution < -0.4 is 0 Å². The Hall–Kier alpha value is -2.43. The molecule has 0 saturated carbocycles. The molecule has 0 aliphatic carbocycles. The zero-order valence-electron chi connectivity index (χ0n) is 9.84. The predicted molar refractivity (Wildman–Crippen MR) is 67.5 cm³/mol. The molecule has 1 aromatic heterocycles. The minimum absolute atomic E-state index is 0.00916. The second-order valence-corrected chi connectivity index (χ2v) is 3.82. The fraction of sp³-hybridized carbons (Fsp3) is 0.154. The summed E-state index contributed by atoms with van der Waals surface area (Å²) in [7, 11) is 0. The van der Waals surface area contributed by atoms with E-state index in [0.717, 1.165) is 0 Å². The van der Waals surface area contributed by atoms with Crippen molar-refractivity contribution in [1.29, 1.82) is 0 Å². The zero-order chi connectivity index (χ0) is 13.1. The number of nitrogens with one attached hydrogen (secondary N) is 1. The topological polar surface area (TPSA) is 76.0 Å². The van der Waals surface area contributed by atoms with Gasteiger partial charge in [0.05, 0.1) is 16.2 Å². The Morgan fingerprint density at radius 3 is 2.72 bits per heavy atom. The van der Waals surface area contributed by atoms with Crippen LogP contribution in [0.2, 0.25) is 0 Å². The van der Waals surface area contributed by atoms with E-state index in [1.54, 1.807) is 37.4 Å². The number of nitrogens with zero attached hydrogens (tertiary/aromatic N) is 1. The van der Waals surface area contributed by atoms with Gasteiger partial charge in [0.2, 0.25) is 0 Å². The summed E-state index contributed by atoms with van der Waals surface area (Å²) in [4.78, 5) is 25.2. The molecule has 1 N–H and O–H groups in total. The maximum atomic E-state index is 11.8. The second kappa shape index (κ2) is 4.83. The summed E-state index contributed by atoms with van der Waals surface area (Å²) < 4.78 is 0. The number of hydrogen-bond donors (Lipinski definition) is 1. The van der Waals surface area contributed by atoms with Crippen LogP contribution in [0.1, 0.15) is 23.7 Å². The van der Waals surface area contributed by atoms with Gasteiger partial charge in [-0.2, -0.15) is 0 Å². The molecule has 5 nitrogen and oxygen atoms in total. The van der Waals surface area contributed by atoms with Crippen LogP contribution in [-0.2, 0) is 0 Å². The minimum Gasteiger partial charge on any atom is -0.360 e. The van der Waals surface area contributed by atoms with Crippen molar-refractivity contribution in [2.45, 2.75) is 13.3 Å². The van der Waals surface area contributed by atoms with Crippen LogP contribution in [0.15, 0.2) is 36.5 Å². The van der Waals surface area contributed by atoms with E-state index in [1.807, 2.05) is 0 Å². The summed E-state index contributed by atoms with van der Waals surface area (Å²) in [5.41, 5.74) is 1.43. The summed E-state index contributed by atoms with van der Waals surface area (Å²) in [5, 5.41) is 11.0. The van der Waals surface area contributed by atoms with Crippen molar-refractivity contribution in [3.63, 3.8) is 0 Å². The van der Waals surface area contributed by atoms with Gasteiger partial charge < -0.3 is 4.98 Å². The molecule has 0 aliphatic rings. The first-order valence-electron chi connectivity index (χ1n) is 5.59. The summed E-state index contributed by atoms with van der Waals surface area (Å²) in [6.07, 6.45) is 1.99. The number of benzene rings is 1. The number of ketones is 1. The number of hydrogen-bond acceptors (Lipinski definition) is 3. The van der Waals surface area contributed by atoms with Gasteiger partial charge in [-0.3, -0.25) is 14.9 Å². The van der Waals surface area contributed by atoms with Gasteiger partial charge in [-0.25, -0.2) is 0 Å². The van der Waals surface area contributed by atoms with Crippen LogP contribution in [0.25, 0.3) is 11.3 Å². The Bertz CT molecular complexity index is 602. The van der Waals surface area contributed by atoms with Gasteiger partial charge >= 0.3 is 0 Å². The first-order valence-corrected chi connectivity index (χ1v) is 5.59. The van der Waals surface area contributed by atoms with Gasteiger partial charge in [-0.15, -0.1) is 0 Å². The summed E-state index contributed by atoms with van der Waals surface area (Å²) in [5.74, 6) is -0.0376. The standard InChI is InChI=1S/C13H12N2O3/c1-2-12(16)10-7-8-14-13(10)9-5-3-4-6-11(9)15(17)18/h3-8,14H,2H2,1H3. The highest BCUT2D eigenvalue weighted by Crippen LogP contribution is 2.31. The van der Waals surface area contributed by atoms with Gasteiger partial charge in [-0.05, 0) is 12.1 Å². The van der Waals surface area contributed by atoms with Crippen molar-refractivity contribution in [3.05, 3.63) is 52.2 Å². The van der Waals surface area contributed by atoms with Crippen LogP contribution in [0, 0.1) is 10.1 Å². The molecule has 0 atom stereocenters. The van der Waals surface area contributed by atoms with Crippen molar-refractivity contribution < 1.29 is 9.72 Å². The molecule has 0 bridgehead atoms. The average molecular weight is 244 g/mol. The third-order valence-corrected chi connectivity index (χ3v) is 2.74. The minimum atomic E-state index is -0.448. The quantitative estimate of drug-likeness (QED) is 0.509. The Morgan fingerprint density at radius 1 is 1.33 bits per heavy atom. The van der Waals surface area contributed by atoms with Crippen LogP contribution >= 0.6 is 0 Å². The Balaban J connectivity index is 2.60. The van der Waals surface area contributed by atoms with E-state index >= 15 is 0 Å². The molecule has 0 saturated heterocycles. The first-order chi connectivity index (χ1) is 8.65. The van der Waals surface area contributed by atoms with Crippen molar-refractivity contribution in [1.82, 2.24) is 4.98 Å². The SMILES string of the molecule is CCC(=O)c1cc[nH]c1-c1ccccc1[N+](=O)[O-]. The molecule has 0 unspecified atom stereocenters. The predicted octanol–water partition coefficient (Wildman–Crippen LogP) is 3.18. The number of carbonyl (C=O) groups excluding carboxylic acids is 1. The van der Waals surface area contributed by atoms with Crippen molar-refractivity contribution in [3.8, 4) is 11.3 Å². The number of nitro groups is 1. The first kappa shape index (κ1) is 12.0. The second-order valence-electron chi connectivity index (χ2n) is 3.82. The molecule has 0 spiro atoms. The summed E-state index contributed by atoms with van der Waals surface area (Å²) in [6.45, 7) is 1.76. The lowest BCUT2D eigenvalue weighted by Crippen LogP contribution is -1.99. The summed E-state index contributed by atoms with van der Waals surface area (Å²) >= 11 is 0. The lowest BCUT2D eigenvalue weighted by atomic mass is 10.0. The molecular weight excluding hydrogens is 232 g/mol. The molecular formula is C13H12N2O3. The van der Waals surface area contributed by atoms with E-state index in [0.29, 0.717) is 23.2 Å². The molecule has 1 aromatic carbocycles. The fourth-order valence-corrected chi connectivity index (χ4v) is 1.86. The smallest absolute Gasteiger partial charge is 0.278 e. The Morgan fingerprint density at radius 2 is 2.06 bits per heavy atom. The highest BCUT2D eigenvalue weighted by Gasteiger charge is 2.20. The van der Waals surface area contributed by atoms with Crippen molar-refractivity contribution in [2.75, 3.05) is 0 Å². The van der Waals surface area contributed by atoms with E-state index in [4.69, 9.17) is 0 Å². The van der Waals surface area contributed by atoms with E-state index in [-0.39, 0.29) is 11.5 Å². The third-order valence-electron chi connectivity index (χ3n) is 2.74. The van der Waals surface area contributed by atoms with Crippen molar-refractivity contribution in [2.24, 2.45) is 0 Å². The van der Waals surface area contributed by atoms with E-state index in [1.165, 1.54) is 6.07 Å². The molecule has 0 aliphatic heterocycles. The molecule has 0 radical (unpaired) electrons. The molecule has 0 fully saturated rings. The van der Waals surface area contributed by atoms with Gasteiger partial charge in [-0.1, -0.05) is 19.1 Å². The molecule has 1 heterocycles. The van der Waals surface area contributed by atoms with Gasteiger partial charge in [0.25, 0.3) is 5.69 Å². The van der Waals surface area contributed by atoms with Crippen LogP contribution in [-0.4, -0.2) is 15.7 Å². The lowest BCUT2D eigenvalue weighted by Gasteiger charge is -2.03. The number of H-pyrrole nitrogens is 1.